The molecule has 1 aromatic heterocycles. The van der Waals surface area contributed by atoms with Crippen molar-refractivity contribution in [2.24, 2.45) is 10.7 Å². The zero-order valence-corrected chi connectivity index (χ0v) is 12.4. The molecule has 0 spiro atoms. The van der Waals surface area contributed by atoms with Gasteiger partial charge in [0.25, 0.3) is 5.91 Å². The first kappa shape index (κ1) is 14.6. The van der Waals surface area contributed by atoms with Gasteiger partial charge in [-0.2, -0.15) is 0 Å². The average molecular weight is 307 g/mol. The Morgan fingerprint density at radius 2 is 1.87 bits per heavy atom. The number of nitrogens with one attached hydrogen (secondary N) is 2. The number of nitrogen functional groups attached to an aromatic ring is 1. The highest BCUT2D eigenvalue weighted by Gasteiger charge is 2.10. The van der Waals surface area contributed by atoms with Crippen LogP contribution in [0.15, 0.2) is 59.6 Å². The molecular formula is C17H17N5O. The van der Waals surface area contributed by atoms with Gasteiger partial charge < -0.3 is 16.5 Å². The van der Waals surface area contributed by atoms with Crippen molar-refractivity contribution in [2.45, 2.75) is 6.54 Å². The minimum absolute atomic E-state index is 0.0745. The third-order valence-corrected chi connectivity index (χ3v) is 3.43. The number of hydrogen-bond acceptors (Lipinski definition) is 3. The number of amides is 1. The summed E-state index contributed by atoms with van der Waals surface area (Å²) in [4.78, 5) is 19.4. The summed E-state index contributed by atoms with van der Waals surface area (Å²) in [5.41, 5.74) is 14.4. The number of nitrogens with zero attached hydrogens (tertiary/aromatic N) is 1. The number of hydrogen-bond donors (Lipinski definition) is 4. The van der Waals surface area contributed by atoms with Crippen molar-refractivity contribution < 1.29 is 4.79 Å². The number of para-hydroxylation sites is 1. The molecule has 0 saturated heterocycles. The van der Waals surface area contributed by atoms with Gasteiger partial charge in [-0.05, 0) is 29.8 Å². The lowest BCUT2D eigenvalue weighted by Gasteiger charge is -2.03. The smallest absolute Gasteiger partial charge is 0.274 e. The largest absolute Gasteiger partial charge is 0.399 e. The first-order valence-electron chi connectivity index (χ1n) is 7.15. The molecule has 6 N–H and O–H groups in total. The van der Waals surface area contributed by atoms with Gasteiger partial charge in [0.15, 0.2) is 5.96 Å². The van der Waals surface area contributed by atoms with Crippen LogP contribution in [0, 0.1) is 0 Å². The molecule has 0 aliphatic rings. The van der Waals surface area contributed by atoms with Gasteiger partial charge >= 0.3 is 0 Å². The Kier molecular flexibility index (Phi) is 3.97. The van der Waals surface area contributed by atoms with Crippen molar-refractivity contribution in [1.82, 2.24) is 10.3 Å². The molecule has 6 nitrogen and oxygen atoms in total. The van der Waals surface area contributed by atoms with Crippen LogP contribution in [0.25, 0.3) is 10.9 Å². The van der Waals surface area contributed by atoms with E-state index in [0.29, 0.717) is 17.9 Å². The topological polar surface area (TPSA) is 109 Å². The van der Waals surface area contributed by atoms with Crippen molar-refractivity contribution >= 4 is 28.5 Å². The van der Waals surface area contributed by atoms with Crippen LogP contribution in [0.1, 0.15) is 16.1 Å². The number of benzene rings is 2. The number of carbonyl (C=O) groups excluding carboxylic acids is 1. The highest BCUT2D eigenvalue weighted by molar-refractivity contribution is 6.06. The summed E-state index contributed by atoms with van der Waals surface area (Å²) in [6, 6.07) is 16.8. The lowest BCUT2D eigenvalue weighted by Crippen LogP contribution is -2.37. The van der Waals surface area contributed by atoms with E-state index in [2.05, 4.69) is 15.3 Å². The molecule has 3 rings (SSSR count). The maximum absolute atomic E-state index is 12.2. The van der Waals surface area contributed by atoms with Crippen LogP contribution in [0.4, 0.5) is 5.69 Å². The quantitative estimate of drug-likeness (QED) is 0.337. The summed E-state index contributed by atoms with van der Waals surface area (Å²) < 4.78 is 0. The van der Waals surface area contributed by atoms with Gasteiger partial charge in [0.2, 0.25) is 0 Å². The summed E-state index contributed by atoms with van der Waals surface area (Å²) in [5, 5.41) is 3.54. The second-order valence-electron chi connectivity index (χ2n) is 5.17. The number of nitrogens with two attached hydrogens (primary N) is 2. The molecule has 0 atom stereocenters. The van der Waals surface area contributed by atoms with E-state index in [1.807, 2.05) is 36.4 Å². The van der Waals surface area contributed by atoms with E-state index in [4.69, 9.17) is 11.5 Å². The van der Waals surface area contributed by atoms with Gasteiger partial charge in [0.1, 0.15) is 5.69 Å². The number of fused-ring (bicyclic) bond motifs is 1. The van der Waals surface area contributed by atoms with Crippen LogP contribution >= 0.6 is 0 Å². The van der Waals surface area contributed by atoms with Gasteiger partial charge in [-0.25, -0.2) is 4.99 Å². The van der Waals surface area contributed by atoms with Crippen molar-refractivity contribution in [3.8, 4) is 0 Å². The molecular weight excluding hydrogens is 290 g/mol. The van der Waals surface area contributed by atoms with E-state index in [9.17, 15) is 4.79 Å². The first-order chi connectivity index (χ1) is 11.1. The molecule has 0 unspecified atom stereocenters. The van der Waals surface area contributed by atoms with Crippen LogP contribution in [-0.2, 0) is 6.54 Å². The molecule has 0 fully saturated rings. The van der Waals surface area contributed by atoms with E-state index in [1.54, 1.807) is 18.2 Å². The Bertz CT molecular complexity index is 831. The SMILES string of the molecule is NC(=NCc1ccc(N)cc1)NC(=O)c1cc2ccccc2[nH]1. The number of H-pyrrole nitrogens is 1. The molecule has 0 bridgehead atoms. The Morgan fingerprint density at radius 1 is 1.13 bits per heavy atom. The lowest BCUT2D eigenvalue weighted by atomic mass is 10.2. The first-order valence-corrected chi connectivity index (χ1v) is 7.15. The van der Waals surface area contributed by atoms with Gasteiger partial charge in [-0.1, -0.05) is 30.3 Å². The minimum atomic E-state index is -0.320. The Balaban J connectivity index is 1.66. The normalized spacial score (nSPS) is 11.6. The molecule has 0 aliphatic heterocycles. The van der Waals surface area contributed by atoms with Gasteiger partial charge in [-0.15, -0.1) is 0 Å². The number of guanidine groups is 1. The Labute approximate surface area is 133 Å². The van der Waals surface area contributed by atoms with Crippen LogP contribution in [0.3, 0.4) is 0 Å². The Hall–Kier alpha value is -3.28. The highest BCUT2D eigenvalue weighted by Crippen LogP contribution is 2.14. The number of rotatable bonds is 3. The highest BCUT2D eigenvalue weighted by atomic mass is 16.2. The summed E-state index contributed by atoms with van der Waals surface area (Å²) in [7, 11) is 0. The molecule has 3 aromatic rings. The Morgan fingerprint density at radius 3 is 2.61 bits per heavy atom. The summed E-state index contributed by atoms with van der Waals surface area (Å²) in [6.45, 7) is 0.374. The molecule has 0 saturated carbocycles. The number of aromatic amines is 1. The fourth-order valence-electron chi connectivity index (χ4n) is 2.22. The number of aliphatic imine (C=N–C) groups is 1. The van der Waals surface area contributed by atoms with Crippen molar-refractivity contribution in [1.29, 1.82) is 0 Å². The predicted molar refractivity (Wildman–Crippen MR) is 91.9 cm³/mol. The zero-order chi connectivity index (χ0) is 16.2. The number of anilines is 1. The molecule has 116 valence electrons. The predicted octanol–water partition coefficient (Wildman–Crippen LogP) is 1.99. The van der Waals surface area contributed by atoms with Gasteiger partial charge in [-0.3, -0.25) is 10.1 Å². The summed E-state index contributed by atoms with van der Waals surface area (Å²) >= 11 is 0. The van der Waals surface area contributed by atoms with Crippen LogP contribution < -0.4 is 16.8 Å². The third-order valence-electron chi connectivity index (χ3n) is 3.43. The molecule has 2 aromatic carbocycles. The second-order valence-corrected chi connectivity index (χ2v) is 5.17. The maximum Gasteiger partial charge on any atom is 0.274 e. The van der Waals surface area contributed by atoms with Gasteiger partial charge in [0.05, 0.1) is 6.54 Å². The van der Waals surface area contributed by atoms with E-state index in [-0.39, 0.29) is 11.9 Å². The van der Waals surface area contributed by atoms with Crippen molar-refractivity contribution in [3.63, 3.8) is 0 Å². The molecule has 0 aliphatic carbocycles. The average Bonchev–Trinajstić information content (AvgIpc) is 2.98. The van der Waals surface area contributed by atoms with E-state index >= 15 is 0 Å². The van der Waals surface area contributed by atoms with E-state index in [0.717, 1.165) is 16.5 Å². The van der Waals surface area contributed by atoms with Crippen LogP contribution in [0.5, 0.6) is 0 Å². The maximum atomic E-state index is 12.2. The standard InChI is InChI=1S/C17H17N5O/c18-13-7-5-11(6-8-13)10-20-17(19)22-16(23)15-9-12-3-1-2-4-14(12)21-15/h1-9,21H,10,18H2,(H3,19,20,22,23). The van der Waals surface area contributed by atoms with Crippen LogP contribution in [0.2, 0.25) is 0 Å². The van der Waals surface area contributed by atoms with Crippen molar-refractivity contribution in [2.75, 3.05) is 5.73 Å². The molecule has 23 heavy (non-hydrogen) atoms. The molecule has 1 amide bonds. The van der Waals surface area contributed by atoms with E-state index in [1.165, 1.54) is 0 Å². The fraction of sp³-hybridized carbons (Fsp3) is 0.0588. The number of aromatic nitrogens is 1. The third kappa shape index (κ3) is 3.49. The second kappa shape index (κ2) is 6.23. The summed E-state index contributed by atoms with van der Waals surface area (Å²) in [5.74, 6) is -0.245. The number of carbonyl (C=O) groups is 1. The van der Waals surface area contributed by atoms with Crippen molar-refractivity contribution in [3.05, 3.63) is 65.9 Å². The van der Waals surface area contributed by atoms with E-state index < -0.39 is 0 Å². The molecule has 1 heterocycles. The van der Waals surface area contributed by atoms with Gasteiger partial charge in [0, 0.05) is 16.6 Å². The summed E-state index contributed by atoms with van der Waals surface area (Å²) in [6.07, 6.45) is 0. The fourth-order valence-corrected chi connectivity index (χ4v) is 2.22. The monoisotopic (exact) mass is 307 g/mol. The van der Waals surface area contributed by atoms with Crippen LogP contribution in [-0.4, -0.2) is 16.9 Å². The zero-order valence-electron chi connectivity index (χ0n) is 12.4. The molecule has 6 heteroatoms. The molecule has 0 radical (unpaired) electrons. The minimum Gasteiger partial charge on any atom is -0.399 e. The lowest BCUT2D eigenvalue weighted by molar-refractivity contribution is 0.0972.